The summed E-state index contributed by atoms with van der Waals surface area (Å²) in [7, 11) is -1.57. The third kappa shape index (κ3) is 9.82. The summed E-state index contributed by atoms with van der Waals surface area (Å²) < 4.78 is 12.0. The Morgan fingerprint density at radius 3 is 2.66 bits per heavy atom. The fraction of sp³-hybridized carbons (Fsp3) is 0.500. The topological polar surface area (TPSA) is 151 Å². The molecule has 1 aliphatic carbocycles. The number of halogens is 2. The summed E-state index contributed by atoms with van der Waals surface area (Å²) in [4.78, 5) is 8.19. The number of aliphatic hydroxyl groups excluding tert-OH is 1. The third-order valence-corrected chi connectivity index (χ3v) is 6.23. The number of nitrogens with two attached hydrogens (primary N) is 2. The van der Waals surface area contributed by atoms with Gasteiger partial charge in [-0.1, -0.05) is 35.4 Å². The van der Waals surface area contributed by atoms with Crippen molar-refractivity contribution in [1.82, 2.24) is 9.97 Å². The van der Waals surface area contributed by atoms with E-state index in [0.717, 1.165) is 22.9 Å². The Labute approximate surface area is 191 Å². The Hall–Kier alpha value is -1.32. The molecule has 3 atom stereocenters. The molecule has 0 aliphatic heterocycles. The van der Waals surface area contributed by atoms with E-state index < -0.39 is 11.0 Å². The Morgan fingerprint density at radius 2 is 2.14 bits per heavy atom. The quantitative estimate of drug-likeness (QED) is 0.418. The molecule has 1 aliphatic rings. The molecule has 0 radical (unpaired) electrons. The second-order valence-electron chi connectivity index (χ2n) is 5.84. The van der Waals surface area contributed by atoms with Gasteiger partial charge < -0.3 is 16.2 Å². The predicted octanol–water partition coefficient (Wildman–Crippen LogP) is 3.53. The molecule has 8 nitrogen and oxygen atoms in total. The molecule has 29 heavy (non-hydrogen) atoms. The number of nitriles is 1. The number of nitrogens with zero attached hydrogens (tertiary/aromatic N) is 3. The highest BCUT2D eigenvalue weighted by Crippen LogP contribution is 2.29. The lowest BCUT2D eigenvalue weighted by molar-refractivity contribution is 0.281. The lowest BCUT2D eigenvalue weighted by atomic mass is 10.1. The molecule has 0 fully saturated rings. The molecule has 0 bridgehead atoms. The summed E-state index contributed by atoms with van der Waals surface area (Å²) in [5, 5.41) is 26.0. The van der Waals surface area contributed by atoms with E-state index in [1.54, 1.807) is 12.3 Å². The Balaban J connectivity index is 0.000000499. The highest BCUT2D eigenvalue weighted by atomic mass is 79.9. The fourth-order valence-electron chi connectivity index (χ4n) is 2.13. The Bertz CT molecular complexity index is 795. The fourth-order valence-corrected chi connectivity index (χ4v) is 4.15. The molecular weight excluding hydrogens is 524 g/mol. The Morgan fingerprint density at radius 1 is 1.52 bits per heavy atom. The van der Waals surface area contributed by atoms with Crippen molar-refractivity contribution in [3.8, 4) is 6.07 Å². The molecule has 2 rings (SSSR count). The van der Waals surface area contributed by atoms with E-state index in [4.69, 9.17) is 21.2 Å². The summed E-state index contributed by atoms with van der Waals surface area (Å²) in [6.45, 7) is 7.83. The average Bonchev–Trinajstić information content (AvgIpc) is 2.84. The summed E-state index contributed by atoms with van der Waals surface area (Å²) in [5.41, 5.74) is 6.95. The van der Waals surface area contributed by atoms with Crippen LogP contribution >= 0.6 is 31.9 Å². The average molecular weight is 552 g/mol. The predicted molar refractivity (Wildman–Crippen MR) is 126 cm³/mol. The number of hydrogen-bond donors (Lipinski definition) is 4. The van der Waals surface area contributed by atoms with Gasteiger partial charge in [-0.05, 0) is 48.7 Å². The third-order valence-electron chi connectivity index (χ3n) is 3.49. The van der Waals surface area contributed by atoms with Crippen LogP contribution in [0, 0.1) is 11.3 Å². The molecule has 1 heterocycles. The number of nitrogen functional groups attached to an aromatic ring is 1. The van der Waals surface area contributed by atoms with Crippen LogP contribution in [0.25, 0.3) is 0 Å². The van der Waals surface area contributed by atoms with Crippen molar-refractivity contribution in [2.45, 2.75) is 51.4 Å². The molecule has 2 unspecified atom stereocenters. The van der Waals surface area contributed by atoms with Gasteiger partial charge in [-0.25, -0.2) is 14.3 Å². The van der Waals surface area contributed by atoms with Crippen LogP contribution in [0.5, 0.6) is 0 Å². The summed E-state index contributed by atoms with van der Waals surface area (Å²) in [5.74, 6) is 0.796. The number of anilines is 2. The van der Waals surface area contributed by atoms with Crippen molar-refractivity contribution in [3.63, 3.8) is 0 Å². The zero-order valence-corrected chi connectivity index (χ0v) is 20.9. The normalized spacial score (nSPS) is 17.9. The van der Waals surface area contributed by atoms with Gasteiger partial charge in [-0.2, -0.15) is 10.2 Å². The van der Waals surface area contributed by atoms with E-state index in [9.17, 15) is 4.21 Å². The van der Waals surface area contributed by atoms with E-state index in [1.165, 1.54) is 0 Å². The van der Waals surface area contributed by atoms with Gasteiger partial charge in [0, 0.05) is 12.2 Å². The van der Waals surface area contributed by atoms with Crippen LogP contribution in [0.15, 0.2) is 32.8 Å². The molecule has 162 valence electrons. The molecule has 0 spiro atoms. The molecule has 1 aromatic rings. The van der Waals surface area contributed by atoms with Crippen LogP contribution < -0.4 is 16.2 Å². The first-order valence-electron chi connectivity index (χ1n) is 8.96. The Kier molecular flexibility index (Phi) is 14.0. The van der Waals surface area contributed by atoms with Crippen molar-refractivity contribution in [2.24, 2.45) is 5.14 Å². The van der Waals surface area contributed by atoms with Crippen molar-refractivity contribution >= 4 is 54.6 Å². The molecule has 0 saturated carbocycles. The van der Waals surface area contributed by atoms with Crippen molar-refractivity contribution < 1.29 is 9.32 Å². The highest BCUT2D eigenvalue weighted by molar-refractivity contribution is 9.10. The second-order valence-corrected chi connectivity index (χ2v) is 8.83. The summed E-state index contributed by atoms with van der Waals surface area (Å²) >= 11 is 6.66. The second kappa shape index (κ2) is 14.6. The van der Waals surface area contributed by atoms with Crippen molar-refractivity contribution in [3.05, 3.63) is 32.8 Å². The standard InChI is InChI=1S/C9H11BrN2OS.C7H11BrN4O.C2H6/c1-6-2-3-8(10)9(14(12)13)7(4-6)5-11;1-4(3-13)11-6-5(8)2-10-7(9)12-6;1-2/h4,8H,2-3,12H2,1H3;2,4,13H,3H2,1H3,(H3,9,10,11,12);1-2H3/t;4-;/m.1./s1. The molecule has 0 amide bonds. The number of nitrogens with one attached hydrogen (secondary N) is 1. The monoisotopic (exact) mass is 550 g/mol. The smallest absolute Gasteiger partial charge is 0.221 e. The minimum Gasteiger partial charge on any atom is -0.394 e. The van der Waals surface area contributed by atoms with Crippen LogP contribution in [0.1, 0.15) is 40.5 Å². The zero-order valence-electron chi connectivity index (χ0n) is 16.9. The molecule has 6 N–H and O–H groups in total. The zero-order chi connectivity index (χ0) is 22.6. The molecule has 0 aromatic carbocycles. The van der Waals surface area contributed by atoms with E-state index in [0.29, 0.717) is 16.3 Å². The number of allylic oxidation sites excluding steroid dienone is 4. The minimum absolute atomic E-state index is 0.0380. The number of hydrogen-bond acceptors (Lipinski definition) is 7. The van der Waals surface area contributed by atoms with E-state index >= 15 is 0 Å². The van der Waals surface area contributed by atoms with E-state index in [-0.39, 0.29) is 23.4 Å². The summed E-state index contributed by atoms with van der Waals surface area (Å²) in [6, 6.07) is 1.97. The molecule has 0 saturated heterocycles. The van der Waals surface area contributed by atoms with Gasteiger partial charge in [0.2, 0.25) is 5.95 Å². The van der Waals surface area contributed by atoms with Gasteiger partial charge in [0.1, 0.15) is 22.9 Å². The summed E-state index contributed by atoms with van der Waals surface area (Å²) in [6.07, 6.45) is 5.05. The minimum atomic E-state index is -1.57. The van der Waals surface area contributed by atoms with Gasteiger partial charge in [0.25, 0.3) is 0 Å². The van der Waals surface area contributed by atoms with Gasteiger partial charge in [-0.3, -0.25) is 0 Å². The SMILES string of the molecule is CC.CC1=CC(C#N)=C(S(N)=O)C(Br)CC1.C[C@H](CO)Nc1nc(N)ncc1Br. The lowest BCUT2D eigenvalue weighted by Gasteiger charge is -2.12. The number of alkyl halides is 1. The van der Waals surface area contributed by atoms with Crippen LogP contribution in [0.4, 0.5) is 11.8 Å². The van der Waals surface area contributed by atoms with Crippen LogP contribution in [0.2, 0.25) is 0 Å². The van der Waals surface area contributed by atoms with Crippen LogP contribution in [-0.2, 0) is 11.0 Å². The van der Waals surface area contributed by atoms with Crippen LogP contribution in [0.3, 0.4) is 0 Å². The maximum Gasteiger partial charge on any atom is 0.221 e. The van der Waals surface area contributed by atoms with Gasteiger partial charge >= 0.3 is 0 Å². The van der Waals surface area contributed by atoms with Crippen LogP contribution in [-0.4, -0.2) is 36.8 Å². The first-order chi connectivity index (χ1) is 13.7. The van der Waals surface area contributed by atoms with Crippen molar-refractivity contribution in [2.75, 3.05) is 17.7 Å². The first-order valence-corrected chi connectivity index (χ1v) is 11.9. The number of aliphatic hydroxyl groups is 1. The number of aromatic nitrogens is 2. The highest BCUT2D eigenvalue weighted by Gasteiger charge is 2.21. The van der Waals surface area contributed by atoms with Gasteiger partial charge in [0.15, 0.2) is 0 Å². The van der Waals surface area contributed by atoms with E-state index in [2.05, 4.69) is 47.1 Å². The van der Waals surface area contributed by atoms with Gasteiger partial charge in [0.05, 0.1) is 26.4 Å². The van der Waals surface area contributed by atoms with Gasteiger partial charge in [-0.15, -0.1) is 0 Å². The maximum atomic E-state index is 11.3. The molecule has 11 heteroatoms. The number of rotatable bonds is 4. The largest absolute Gasteiger partial charge is 0.394 e. The van der Waals surface area contributed by atoms with E-state index in [1.807, 2.05) is 33.8 Å². The molecular formula is C18H28Br2N6O2S. The first kappa shape index (κ1) is 27.7. The van der Waals surface area contributed by atoms with Crippen molar-refractivity contribution in [1.29, 1.82) is 5.26 Å². The molecule has 1 aromatic heterocycles. The maximum absolute atomic E-state index is 11.3. The lowest BCUT2D eigenvalue weighted by Crippen LogP contribution is -2.20.